The van der Waals surface area contributed by atoms with Crippen molar-refractivity contribution in [3.63, 3.8) is 0 Å². The van der Waals surface area contributed by atoms with Gasteiger partial charge in [-0.15, -0.1) is 0 Å². The molecule has 0 amide bonds. The molecule has 1 heterocycles. The summed E-state index contributed by atoms with van der Waals surface area (Å²) in [5.41, 5.74) is 1.45. The predicted octanol–water partition coefficient (Wildman–Crippen LogP) is 3.65. The summed E-state index contributed by atoms with van der Waals surface area (Å²) in [6, 6.07) is 0. The number of rotatable bonds is 4. The van der Waals surface area contributed by atoms with Crippen LogP contribution in [-0.2, 0) is 4.74 Å². The Balaban J connectivity index is 3.00. The fraction of sp³-hybridized carbons (Fsp3) is 0.643. The molecule has 1 rings (SSSR count). The first-order valence-corrected chi connectivity index (χ1v) is 6.56. The van der Waals surface area contributed by atoms with Gasteiger partial charge < -0.3 is 9.47 Å². The third-order valence-corrected chi connectivity index (χ3v) is 2.44. The number of carbonyl (C=O) groups is 1. The van der Waals surface area contributed by atoms with Gasteiger partial charge in [0.15, 0.2) is 0 Å². The minimum atomic E-state index is -0.743. The SMILES string of the molecule is CC(C)OC(=O)Oc1nc(C(C)C)cnc1C(C)C. The Kier molecular flexibility index (Phi) is 5.27. The van der Waals surface area contributed by atoms with Crippen LogP contribution in [0.5, 0.6) is 5.88 Å². The molecule has 0 radical (unpaired) electrons. The molecule has 5 nitrogen and oxygen atoms in total. The van der Waals surface area contributed by atoms with E-state index in [0.29, 0.717) is 5.69 Å². The van der Waals surface area contributed by atoms with Crippen molar-refractivity contribution >= 4 is 6.16 Å². The van der Waals surface area contributed by atoms with Gasteiger partial charge in [-0.25, -0.2) is 9.78 Å². The second-order valence-electron chi connectivity index (χ2n) is 5.31. The molecular formula is C14H22N2O3. The van der Waals surface area contributed by atoms with Crippen molar-refractivity contribution in [1.29, 1.82) is 0 Å². The van der Waals surface area contributed by atoms with Crippen LogP contribution in [0.15, 0.2) is 6.20 Å². The zero-order valence-electron chi connectivity index (χ0n) is 12.4. The van der Waals surface area contributed by atoms with Crippen molar-refractivity contribution < 1.29 is 14.3 Å². The highest BCUT2D eigenvalue weighted by Crippen LogP contribution is 2.24. The van der Waals surface area contributed by atoms with Gasteiger partial charge in [0, 0.05) is 12.1 Å². The van der Waals surface area contributed by atoms with E-state index in [2.05, 4.69) is 9.97 Å². The molecule has 0 saturated carbocycles. The Morgan fingerprint density at radius 1 is 1.11 bits per heavy atom. The molecule has 0 aliphatic rings. The molecule has 0 atom stereocenters. The summed E-state index contributed by atoms with van der Waals surface area (Å²) in [4.78, 5) is 20.3. The zero-order valence-corrected chi connectivity index (χ0v) is 12.4. The fourth-order valence-electron chi connectivity index (χ4n) is 1.44. The van der Waals surface area contributed by atoms with Gasteiger partial charge in [-0.3, -0.25) is 4.98 Å². The Morgan fingerprint density at radius 2 is 1.74 bits per heavy atom. The monoisotopic (exact) mass is 266 g/mol. The minimum Gasteiger partial charge on any atom is -0.431 e. The van der Waals surface area contributed by atoms with Crippen LogP contribution in [0.3, 0.4) is 0 Å². The van der Waals surface area contributed by atoms with Crippen LogP contribution >= 0.6 is 0 Å². The smallest absolute Gasteiger partial charge is 0.431 e. The maximum Gasteiger partial charge on any atom is 0.515 e. The van der Waals surface area contributed by atoms with Crippen LogP contribution in [0.25, 0.3) is 0 Å². The molecule has 0 N–H and O–H groups in total. The largest absolute Gasteiger partial charge is 0.515 e. The zero-order chi connectivity index (χ0) is 14.6. The molecule has 5 heteroatoms. The molecule has 19 heavy (non-hydrogen) atoms. The van der Waals surface area contributed by atoms with E-state index in [1.54, 1.807) is 20.0 Å². The molecule has 1 aromatic heterocycles. The Hall–Kier alpha value is -1.65. The first-order chi connectivity index (χ1) is 8.81. The van der Waals surface area contributed by atoms with E-state index in [4.69, 9.17) is 9.47 Å². The number of aromatic nitrogens is 2. The first-order valence-electron chi connectivity index (χ1n) is 6.56. The molecule has 0 fully saturated rings. The molecule has 0 saturated heterocycles. The maximum atomic E-state index is 11.6. The average Bonchev–Trinajstić information content (AvgIpc) is 2.26. The normalized spacial score (nSPS) is 11.2. The van der Waals surface area contributed by atoms with Crippen molar-refractivity contribution in [2.45, 2.75) is 59.5 Å². The molecule has 0 bridgehead atoms. The first kappa shape index (κ1) is 15.4. The summed E-state index contributed by atoms with van der Waals surface area (Å²) in [5, 5.41) is 0. The molecule has 0 unspecified atom stereocenters. The standard InChI is InChI=1S/C14H22N2O3/c1-8(2)11-7-15-12(9(3)4)13(16-11)19-14(17)18-10(5)6/h7-10H,1-6H3. The van der Waals surface area contributed by atoms with E-state index >= 15 is 0 Å². The van der Waals surface area contributed by atoms with Crippen LogP contribution in [0.4, 0.5) is 4.79 Å². The highest BCUT2D eigenvalue weighted by Gasteiger charge is 2.18. The van der Waals surface area contributed by atoms with E-state index in [1.807, 2.05) is 27.7 Å². The second kappa shape index (κ2) is 6.50. The molecule has 1 aromatic rings. The molecule has 106 valence electrons. The van der Waals surface area contributed by atoms with E-state index in [-0.39, 0.29) is 23.8 Å². The van der Waals surface area contributed by atoms with E-state index < -0.39 is 6.16 Å². The molecule has 0 aliphatic carbocycles. The number of hydrogen-bond donors (Lipinski definition) is 0. The third kappa shape index (κ3) is 4.50. The molecule has 0 spiro atoms. The summed E-state index contributed by atoms with van der Waals surface area (Å²) in [6.07, 6.45) is 0.754. The number of hydrogen-bond acceptors (Lipinski definition) is 5. The molecule has 0 aliphatic heterocycles. The van der Waals surface area contributed by atoms with Crippen molar-refractivity contribution in [2.75, 3.05) is 0 Å². The van der Waals surface area contributed by atoms with Gasteiger partial charge in [0.2, 0.25) is 5.88 Å². The predicted molar refractivity (Wildman–Crippen MR) is 72.5 cm³/mol. The summed E-state index contributed by atoms with van der Waals surface area (Å²) in [6.45, 7) is 11.5. The number of carbonyl (C=O) groups excluding carboxylic acids is 1. The Morgan fingerprint density at radius 3 is 2.21 bits per heavy atom. The second-order valence-corrected chi connectivity index (χ2v) is 5.31. The summed E-state index contributed by atoms with van der Waals surface area (Å²) in [7, 11) is 0. The quantitative estimate of drug-likeness (QED) is 0.778. The highest BCUT2D eigenvalue weighted by atomic mass is 16.7. The summed E-state index contributed by atoms with van der Waals surface area (Å²) < 4.78 is 10.1. The third-order valence-electron chi connectivity index (χ3n) is 2.44. The Bertz CT molecular complexity index is 442. The van der Waals surface area contributed by atoms with Gasteiger partial charge in [0.25, 0.3) is 0 Å². The van der Waals surface area contributed by atoms with Crippen molar-refractivity contribution in [1.82, 2.24) is 9.97 Å². The lowest BCUT2D eigenvalue weighted by atomic mass is 10.1. The highest BCUT2D eigenvalue weighted by molar-refractivity contribution is 5.63. The van der Waals surface area contributed by atoms with Crippen LogP contribution in [0, 0.1) is 0 Å². The van der Waals surface area contributed by atoms with Gasteiger partial charge in [-0.1, -0.05) is 27.7 Å². The van der Waals surface area contributed by atoms with Gasteiger partial charge in [-0.2, -0.15) is 0 Å². The molecule has 0 aromatic carbocycles. The summed E-state index contributed by atoms with van der Waals surface area (Å²) in [5.74, 6) is 0.583. The van der Waals surface area contributed by atoms with E-state index in [1.165, 1.54) is 0 Å². The van der Waals surface area contributed by atoms with Crippen molar-refractivity contribution in [3.05, 3.63) is 17.6 Å². The maximum absolute atomic E-state index is 11.6. The van der Waals surface area contributed by atoms with Crippen molar-refractivity contribution in [2.24, 2.45) is 0 Å². The number of nitrogens with zero attached hydrogens (tertiary/aromatic N) is 2. The van der Waals surface area contributed by atoms with E-state index in [9.17, 15) is 4.79 Å². The lowest BCUT2D eigenvalue weighted by Gasteiger charge is -2.14. The van der Waals surface area contributed by atoms with Crippen LogP contribution < -0.4 is 4.74 Å². The van der Waals surface area contributed by atoms with E-state index in [0.717, 1.165) is 5.69 Å². The van der Waals surface area contributed by atoms with Gasteiger partial charge >= 0.3 is 6.16 Å². The van der Waals surface area contributed by atoms with Gasteiger partial charge in [0.05, 0.1) is 11.8 Å². The van der Waals surface area contributed by atoms with Gasteiger partial charge in [0.1, 0.15) is 5.69 Å². The van der Waals surface area contributed by atoms with Crippen LogP contribution in [0.1, 0.15) is 64.8 Å². The average molecular weight is 266 g/mol. The fourth-order valence-corrected chi connectivity index (χ4v) is 1.44. The van der Waals surface area contributed by atoms with Crippen LogP contribution in [-0.4, -0.2) is 22.2 Å². The number of ether oxygens (including phenoxy) is 2. The molecular weight excluding hydrogens is 244 g/mol. The summed E-state index contributed by atoms with van der Waals surface area (Å²) >= 11 is 0. The topological polar surface area (TPSA) is 61.3 Å². The van der Waals surface area contributed by atoms with Gasteiger partial charge in [-0.05, 0) is 19.8 Å². The lowest BCUT2D eigenvalue weighted by molar-refractivity contribution is 0.0709. The minimum absolute atomic E-state index is 0.121. The van der Waals surface area contributed by atoms with Crippen molar-refractivity contribution in [3.8, 4) is 5.88 Å². The Labute approximate surface area is 114 Å². The lowest BCUT2D eigenvalue weighted by Crippen LogP contribution is -2.18. The van der Waals surface area contributed by atoms with Crippen LogP contribution in [0.2, 0.25) is 0 Å².